The number of aromatic nitrogens is 1. The van der Waals surface area contributed by atoms with Crippen molar-refractivity contribution < 1.29 is 14.3 Å². The van der Waals surface area contributed by atoms with Gasteiger partial charge in [0.1, 0.15) is 0 Å². The lowest BCUT2D eigenvalue weighted by Crippen LogP contribution is -2.09. The number of hydrogen-bond donors (Lipinski definition) is 1. The summed E-state index contributed by atoms with van der Waals surface area (Å²) in [5, 5.41) is 3.87. The van der Waals surface area contributed by atoms with Crippen LogP contribution in [0.15, 0.2) is 30.5 Å². The van der Waals surface area contributed by atoms with Gasteiger partial charge in [-0.2, -0.15) is 0 Å². The van der Waals surface area contributed by atoms with E-state index >= 15 is 0 Å². The first-order valence-corrected chi connectivity index (χ1v) is 9.39. The highest BCUT2D eigenvalue weighted by molar-refractivity contribution is 7.17. The van der Waals surface area contributed by atoms with Crippen molar-refractivity contribution in [3.63, 3.8) is 0 Å². The molecule has 6 heteroatoms. The zero-order valence-corrected chi connectivity index (χ0v) is 15.5. The zero-order chi connectivity index (χ0) is 18.1. The van der Waals surface area contributed by atoms with E-state index in [4.69, 9.17) is 4.74 Å². The van der Waals surface area contributed by atoms with E-state index in [0.29, 0.717) is 41.6 Å². The lowest BCUT2D eigenvalue weighted by molar-refractivity contribution is -0.143. The molecule has 2 aromatic rings. The van der Waals surface area contributed by atoms with Gasteiger partial charge >= 0.3 is 5.97 Å². The minimum absolute atomic E-state index is 0.00601. The SMILES string of the molecule is CCCCC(=O)OCCCNc1ncc(C(=O)c2ccccc2C)s1. The van der Waals surface area contributed by atoms with E-state index in [0.717, 1.165) is 18.4 Å². The van der Waals surface area contributed by atoms with E-state index in [1.807, 2.05) is 38.1 Å². The lowest BCUT2D eigenvalue weighted by atomic mass is 10.0. The summed E-state index contributed by atoms with van der Waals surface area (Å²) < 4.78 is 5.15. The number of aryl methyl sites for hydroxylation is 1. The molecule has 2 rings (SSSR count). The number of benzene rings is 1. The molecule has 1 aromatic heterocycles. The Morgan fingerprint density at radius 3 is 2.80 bits per heavy atom. The van der Waals surface area contributed by atoms with Gasteiger partial charge in [-0.1, -0.05) is 48.9 Å². The highest BCUT2D eigenvalue weighted by atomic mass is 32.1. The molecule has 1 N–H and O–H groups in total. The fraction of sp³-hybridized carbons (Fsp3) is 0.421. The first-order valence-electron chi connectivity index (χ1n) is 8.57. The second kappa shape index (κ2) is 9.93. The lowest BCUT2D eigenvalue weighted by Gasteiger charge is -2.05. The van der Waals surface area contributed by atoms with Crippen molar-refractivity contribution in [2.45, 2.75) is 39.5 Å². The number of nitrogens with one attached hydrogen (secondary N) is 1. The second-order valence-corrected chi connectivity index (χ2v) is 6.81. The maximum atomic E-state index is 12.5. The van der Waals surface area contributed by atoms with Gasteiger partial charge in [-0.3, -0.25) is 9.59 Å². The van der Waals surface area contributed by atoms with Gasteiger partial charge in [0.2, 0.25) is 5.78 Å². The number of rotatable bonds is 10. The zero-order valence-electron chi connectivity index (χ0n) is 14.7. The van der Waals surface area contributed by atoms with Crippen molar-refractivity contribution in [1.29, 1.82) is 0 Å². The smallest absolute Gasteiger partial charge is 0.305 e. The first kappa shape index (κ1) is 19.1. The fourth-order valence-electron chi connectivity index (χ4n) is 2.27. The molecule has 1 aromatic carbocycles. The van der Waals surface area contributed by atoms with Crippen LogP contribution in [0.4, 0.5) is 5.13 Å². The molecule has 0 radical (unpaired) electrons. The highest BCUT2D eigenvalue weighted by Crippen LogP contribution is 2.22. The summed E-state index contributed by atoms with van der Waals surface area (Å²) in [5.74, 6) is -0.143. The maximum Gasteiger partial charge on any atom is 0.305 e. The Kier molecular flexibility index (Phi) is 7.60. The Labute approximate surface area is 152 Å². The third-order valence-corrected chi connectivity index (χ3v) is 4.67. The van der Waals surface area contributed by atoms with E-state index < -0.39 is 0 Å². The molecule has 25 heavy (non-hydrogen) atoms. The molecule has 0 saturated heterocycles. The number of anilines is 1. The Balaban J connectivity index is 1.75. The van der Waals surface area contributed by atoms with E-state index in [2.05, 4.69) is 10.3 Å². The van der Waals surface area contributed by atoms with Crippen LogP contribution in [0.3, 0.4) is 0 Å². The van der Waals surface area contributed by atoms with Crippen molar-refractivity contribution in [2.75, 3.05) is 18.5 Å². The summed E-state index contributed by atoms with van der Waals surface area (Å²) in [7, 11) is 0. The van der Waals surface area contributed by atoms with Gasteiger partial charge in [0, 0.05) is 18.5 Å². The molecule has 0 amide bonds. The Morgan fingerprint density at radius 1 is 1.24 bits per heavy atom. The topological polar surface area (TPSA) is 68.3 Å². The van der Waals surface area contributed by atoms with Crippen molar-refractivity contribution in [2.24, 2.45) is 0 Å². The number of esters is 1. The third kappa shape index (κ3) is 5.98. The van der Waals surface area contributed by atoms with Crippen molar-refractivity contribution >= 4 is 28.2 Å². The van der Waals surface area contributed by atoms with Crippen molar-refractivity contribution in [3.8, 4) is 0 Å². The number of unbranched alkanes of at least 4 members (excludes halogenated alkanes) is 1. The number of carbonyl (C=O) groups is 2. The number of ether oxygens (including phenoxy) is 1. The summed E-state index contributed by atoms with van der Waals surface area (Å²) in [6.45, 7) is 5.01. The molecule has 0 aliphatic rings. The summed E-state index contributed by atoms with van der Waals surface area (Å²) in [4.78, 5) is 28.7. The van der Waals surface area contributed by atoms with Crippen LogP contribution in [0.5, 0.6) is 0 Å². The monoisotopic (exact) mass is 360 g/mol. The van der Waals surface area contributed by atoms with Gasteiger partial charge in [-0.25, -0.2) is 4.98 Å². The average molecular weight is 360 g/mol. The molecule has 1 heterocycles. The Bertz CT molecular complexity index is 712. The predicted octanol–water partition coefficient (Wildman–Crippen LogP) is 4.22. The van der Waals surface area contributed by atoms with Gasteiger partial charge < -0.3 is 10.1 Å². The number of thiazole rings is 1. The molecule has 0 spiro atoms. The van der Waals surface area contributed by atoms with E-state index in [1.54, 1.807) is 6.20 Å². The average Bonchev–Trinajstić information content (AvgIpc) is 3.08. The molecule has 0 aliphatic carbocycles. The number of carbonyl (C=O) groups excluding carboxylic acids is 2. The summed E-state index contributed by atoms with van der Waals surface area (Å²) in [5.41, 5.74) is 1.66. The van der Waals surface area contributed by atoms with Gasteiger partial charge in [0.15, 0.2) is 5.13 Å². The predicted molar refractivity (Wildman–Crippen MR) is 100 cm³/mol. The summed E-state index contributed by atoms with van der Waals surface area (Å²) >= 11 is 1.34. The van der Waals surface area contributed by atoms with Crippen LogP contribution in [0.25, 0.3) is 0 Å². The van der Waals surface area contributed by atoms with E-state index in [1.165, 1.54) is 11.3 Å². The number of hydrogen-bond acceptors (Lipinski definition) is 6. The van der Waals surface area contributed by atoms with Gasteiger partial charge in [0.05, 0.1) is 17.7 Å². The van der Waals surface area contributed by atoms with Crippen LogP contribution >= 0.6 is 11.3 Å². The second-order valence-electron chi connectivity index (χ2n) is 5.78. The summed E-state index contributed by atoms with van der Waals surface area (Å²) in [6.07, 6.45) is 4.66. The van der Waals surface area contributed by atoms with E-state index in [-0.39, 0.29) is 11.8 Å². The molecule has 5 nitrogen and oxygen atoms in total. The molecule has 134 valence electrons. The van der Waals surface area contributed by atoms with Gasteiger partial charge in [-0.15, -0.1) is 0 Å². The minimum Gasteiger partial charge on any atom is -0.466 e. The Morgan fingerprint density at radius 2 is 2.04 bits per heavy atom. The van der Waals surface area contributed by atoms with Crippen molar-refractivity contribution in [3.05, 3.63) is 46.5 Å². The molecular weight excluding hydrogens is 336 g/mol. The normalized spacial score (nSPS) is 10.5. The van der Waals surface area contributed by atoms with Crippen LogP contribution in [0.2, 0.25) is 0 Å². The Hall–Kier alpha value is -2.21. The molecule has 0 bridgehead atoms. The quantitative estimate of drug-likeness (QED) is 0.390. The maximum absolute atomic E-state index is 12.5. The van der Waals surface area contributed by atoms with Gasteiger partial charge in [0.25, 0.3) is 0 Å². The van der Waals surface area contributed by atoms with E-state index in [9.17, 15) is 9.59 Å². The largest absolute Gasteiger partial charge is 0.466 e. The minimum atomic E-state index is -0.137. The molecule has 0 atom stereocenters. The first-order chi connectivity index (χ1) is 12.1. The highest BCUT2D eigenvalue weighted by Gasteiger charge is 2.14. The molecular formula is C19H24N2O3S. The molecule has 0 unspecified atom stereocenters. The van der Waals surface area contributed by atoms with Crippen molar-refractivity contribution in [1.82, 2.24) is 4.98 Å². The van der Waals surface area contributed by atoms with Crippen LogP contribution in [-0.4, -0.2) is 29.9 Å². The number of ketones is 1. The van der Waals surface area contributed by atoms with Gasteiger partial charge in [-0.05, 0) is 25.3 Å². The van der Waals surface area contributed by atoms with Crippen LogP contribution < -0.4 is 5.32 Å². The van der Waals surface area contributed by atoms with Crippen LogP contribution in [-0.2, 0) is 9.53 Å². The molecule has 0 fully saturated rings. The summed E-state index contributed by atoms with van der Waals surface area (Å²) in [6, 6.07) is 7.54. The molecule has 0 aliphatic heterocycles. The molecule has 0 saturated carbocycles. The number of nitrogens with zero attached hydrogens (tertiary/aromatic N) is 1. The van der Waals surface area contributed by atoms with Crippen LogP contribution in [0.1, 0.15) is 53.4 Å². The van der Waals surface area contributed by atoms with Crippen LogP contribution in [0, 0.1) is 6.92 Å². The third-order valence-electron chi connectivity index (χ3n) is 3.71. The standard InChI is InChI=1S/C19H24N2O3S/c1-3-4-10-17(22)24-12-7-11-20-19-21-13-16(25-19)18(23)15-9-6-5-8-14(15)2/h5-6,8-9,13H,3-4,7,10-12H2,1-2H3,(H,20,21). The fourth-order valence-corrected chi connectivity index (χ4v) is 3.06.